The second-order valence-electron chi connectivity index (χ2n) is 9.25. The Morgan fingerprint density at radius 2 is 1.97 bits per heavy atom. The Morgan fingerprint density at radius 3 is 2.75 bits per heavy atom. The van der Waals surface area contributed by atoms with Crippen molar-refractivity contribution in [3.63, 3.8) is 0 Å². The molecule has 36 heavy (non-hydrogen) atoms. The molecule has 2 aliphatic rings. The van der Waals surface area contributed by atoms with Crippen LogP contribution in [0.5, 0.6) is 0 Å². The lowest BCUT2D eigenvalue weighted by molar-refractivity contribution is -0.148. The van der Waals surface area contributed by atoms with E-state index in [0.717, 1.165) is 25.7 Å². The van der Waals surface area contributed by atoms with Gasteiger partial charge >= 0.3 is 0 Å². The van der Waals surface area contributed by atoms with Crippen LogP contribution in [0, 0.1) is 0 Å². The van der Waals surface area contributed by atoms with Gasteiger partial charge in [-0.15, -0.1) is 0 Å². The molecule has 2 aromatic carbocycles. The summed E-state index contributed by atoms with van der Waals surface area (Å²) in [4.78, 5) is 29.9. The molecule has 8 nitrogen and oxygen atoms in total. The predicted octanol–water partition coefficient (Wildman–Crippen LogP) is 3.76. The van der Waals surface area contributed by atoms with Crippen molar-refractivity contribution in [3.05, 3.63) is 64.3 Å². The number of carbonyl (C=O) groups excluding carboxylic acids is 2. The fourth-order valence-corrected chi connectivity index (χ4v) is 7.32. The van der Waals surface area contributed by atoms with Crippen LogP contribution in [0.3, 0.4) is 0 Å². The number of rotatable bonds is 7. The third kappa shape index (κ3) is 4.87. The summed E-state index contributed by atoms with van der Waals surface area (Å²) in [7, 11) is -4.06. The molecule has 0 bridgehead atoms. The van der Waals surface area contributed by atoms with Gasteiger partial charge in [0, 0.05) is 41.1 Å². The molecule has 10 heteroatoms. The van der Waals surface area contributed by atoms with E-state index in [1.54, 1.807) is 18.2 Å². The van der Waals surface area contributed by atoms with E-state index in [2.05, 4.69) is 33.0 Å². The van der Waals surface area contributed by atoms with Crippen molar-refractivity contribution in [3.8, 4) is 0 Å². The molecule has 2 unspecified atom stereocenters. The number of amides is 1. The third-order valence-corrected chi connectivity index (χ3v) is 9.49. The summed E-state index contributed by atoms with van der Waals surface area (Å²) in [5, 5.41) is 0.432. The quantitative estimate of drug-likeness (QED) is 0.434. The molecular weight excluding hydrogens is 546 g/mol. The Morgan fingerprint density at radius 1 is 1.17 bits per heavy atom. The number of halogens is 1. The fourth-order valence-electron chi connectivity index (χ4n) is 5.23. The number of nitrogens with zero attached hydrogens (tertiary/aromatic N) is 2. The minimum Gasteiger partial charge on any atom is -0.366 e. The smallest absolute Gasteiger partial charge is 0.253 e. The number of sulfonamides is 1. The normalized spacial score (nSPS) is 21.2. The number of H-pyrrole nitrogens is 1. The predicted molar refractivity (Wildman–Crippen MR) is 139 cm³/mol. The van der Waals surface area contributed by atoms with Crippen molar-refractivity contribution in [2.75, 3.05) is 26.2 Å². The van der Waals surface area contributed by atoms with Gasteiger partial charge in [-0.05, 0) is 49.4 Å². The van der Waals surface area contributed by atoms with Gasteiger partial charge < -0.3 is 14.6 Å². The molecule has 2 fully saturated rings. The Balaban J connectivity index is 1.34. The topological polar surface area (TPSA) is 99.8 Å². The summed E-state index contributed by atoms with van der Waals surface area (Å²) in [5.41, 5.74) is 1.79. The molecule has 0 saturated carbocycles. The molecule has 0 spiro atoms. The van der Waals surface area contributed by atoms with E-state index in [0.29, 0.717) is 28.2 Å². The molecule has 5 rings (SSSR count). The van der Waals surface area contributed by atoms with Crippen molar-refractivity contribution < 1.29 is 22.7 Å². The zero-order valence-corrected chi connectivity index (χ0v) is 22.1. The number of morpholine rings is 1. The van der Waals surface area contributed by atoms with Gasteiger partial charge in [-0.2, -0.15) is 4.31 Å². The van der Waals surface area contributed by atoms with Gasteiger partial charge in [0.2, 0.25) is 10.0 Å². The molecule has 1 N–H and O–H groups in total. The SMILES string of the molecule is O=Cc1[nH]c2ccc(Br)cc2c1S(=O)(=O)N1CCOC(C(=O)N2CCCC2CCc2ccccc2)C1. The maximum Gasteiger partial charge on any atom is 0.253 e. The van der Waals surface area contributed by atoms with E-state index in [4.69, 9.17) is 4.74 Å². The minimum absolute atomic E-state index is 0.00186. The number of aldehydes is 1. The number of aryl methyl sites for hydroxylation is 1. The van der Waals surface area contributed by atoms with E-state index in [1.807, 2.05) is 23.1 Å². The summed E-state index contributed by atoms with van der Waals surface area (Å²) < 4.78 is 35.2. The van der Waals surface area contributed by atoms with E-state index in [9.17, 15) is 18.0 Å². The molecule has 0 radical (unpaired) electrons. The first kappa shape index (κ1) is 25.1. The van der Waals surface area contributed by atoms with Gasteiger partial charge in [0.05, 0.1) is 12.3 Å². The Hall–Kier alpha value is -2.53. The Bertz CT molecular complexity index is 1370. The first-order chi connectivity index (χ1) is 17.4. The maximum absolute atomic E-state index is 13.7. The maximum atomic E-state index is 13.7. The number of ether oxygens (including phenoxy) is 1. The van der Waals surface area contributed by atoms with Crippen LogP contribution in [-0.2, 0) is 26.0 Å². The number of aromatic nitrogens is 1. The minimum atomic E-state index is -4.06. The first-order valence-electron chi connectivity index (χ1n) is 12.1. The zero-order chi connectivity index (χ0) is 25.3. The Kier molecular flexibility index (Phi) is 7.30. The Labute approximate surface area is 218 Å². The molecule has 3 heterocycles. The van der Waals surface area contributed by atoms with Crippen molar-refractivity contribution >= 4 is 49.0 Å². The van der Waals surface area contributed by atoms with Crippen LogP contribution in [0.4, 0.5) is 0 Å². The average Bonchev–Trinajstić information content (AvgIpc) is 3.52. The zero-order valence-electron chi connectivity index (χ0n) is 19.7. The van der Waals surface area contributed by atoms with Crippen LogP contribution in [0.15, 0.2) is 57.9 Å². The van der Waals surface area contributed by atoms with Crippen molar-refractivity contribution in [1.29, 1.82) is 0 Å². The van der Waals surface area contributed by atoms with Crippen molar-refractivity contribution in [2.45, 2.75) is 42.7 Å². The standard InChI is InChI=1S/C26H28BrN3O5S/c27-19-9-11-22-21(15-19)25(23(17-31)28-22)36(33,34)29-13-14-35-24(16-29)26(32)30-12-4-7-20(30)10-8-18-5-2-1-3-6-18/h1-3,5-6,9,11,15,17,20,24,28H,4,7-8,10,12-14,16H2. The van der Waals surface area contributed by atoms with Gasteiger partial charge in [-0.1, -0.05) is 46.3 Å². The van der Waals surface area contributed by atoms with Crippen molar-refractivity contribution in [2.24, 2.45) is 0 Å². The lowest BCUT2D eigenvalue weighted by Gasteiger charge is -2.35. The largest absolute Gasteiger partial charge is 0.366 e. The highest BCUT2D eigenvalue weighted by Crippen LogP contribution is 2.32. The highest BCUT2D eigenvalue weighted by molar-refractivity contribution is 9.10. The van der Waals surface area contributed by atoms with E-state index < -0.39 is 16.1 Å². The van der Waals surface area contributed by atoms with Crippen LogP contribution in [0.1, 0.15) is 35.3 Å². The molecule has 190 valence electrons. The van der Waals surface area contributed by atoms with Crippen LogP contribution in [0.2, 0.25) is 0 Å². The van der Waals surface area contributed by atoms with Gasteiger partial charge in [-0.25, -0.2) is 8.42 Å². The lowest BCUT2D eigenvalue weighted by Crippen LogP contribution is -2.53. The van der Waals surface area contributed by atoms with Crippen LogP contribution in [-0.4, -0.2) is 73.2 Å². The molecule has 2 aliphatic heterocycles. The van der Waals surface area contributed by atoms with E-state index in [1.165, 1.54) is 9.87 Å². The van der Waals surface area contributed by atoms with Crippen LogP contribution in [0.25, 0.3) is 10.9 Å². The summed E-state index contributed by atoms with van der Waals surface area (Å²) in [6, 6.07) is 15.5. The number of nitrogens with one attached hydrogen (secondary N) is 1. The highest BCUT2D eigenvalue weighted by Gasteiger charge is 2.40. The first-order valence-corrected chi connectivity index (χ1v) is 14.3. The average molecular weight is 574 g/mol. The second-order valence-corrected chi connectivity index (χ2v) is 12.0. The van der Waals surface area contributed by atoms with Crippen molar-refractivity contribution in [1.82, 2.24) is 14.2 Å². The second kappa shape index (κ2) is 10.5. The summed E-state index contributed by atoms with van der Waals surface area (Å²) in [6.07, 6.45) is 3.24. The summed E-state index contributed by atoms with van der Waals surface area (Å²) in [6.45, 7) is 0.794. The molecule has 2 atom stereocenters. The molecular formula is C26H28BrN3O5S. The number of hydrogen-bond donors (Lipinski definition) is 1. The van der Waals surface area contributed by atoms with E-state index in [-0.39, 0.29) is 42.2 Å². The summed E-state index contributed by atoms with van der Waals surface area (Å²) in [5.74, 6) is -0.164. The number of fused-ring (bicyclic) bond motifs is 1. The third-order valence-electron chi connectivity index (χ3n) is 7.03. The molecule has 3 aromatic rings. The van der Waals surface area contributed by atoms with Crippen LogP contribution < -0.4 is 0 Å². The molecule has 2 saturated heterocycles. The number of benzene rings is 2. The van der Waals surface area contributed by atoms with E-state index >= 15 is 0 Å². The highest BCUT2D eigenvalue weighted by atomic mass is 79.9. The number of likely N-dealkylation sites (tertiary alicyclic amines) is 1. The fraction of sp³-hybridized carbons (Fsp3) is 0.385. The summed E-state index contributed by atoms with van der Waals surface area (Å²) >= 11 is 3.38. The van der Waals surface area contributed by atoms with Crippen LogP contribution >= 0.6 is 15.9 Å². The van der Waals surface area contributed by atoms with Gasteiger partial charge in [-0.3, -0.25) is 9.59 Å². The van der Waals surface area contributed by atoms with Gasteiger partial charge in [0.15, 0.2) is 6.29 Å². The molecule has 1 amide bonds. The monoisotopic (exact) mass is 573 g/mol. The molecule has 0 aliphatic carbocycles. The lowest BCUT2D eigenvalue weighted by atomic mass is 10.0. The number of aromatic amines is 1. The van der Waals surface area contributed by atoms with Gasteiger partial charge in [0.1, 0.15) is 11.0 Å². The van der Waals surface area contributed by atoms with Gasteiger partial charge in [0.25, 0.3) is 5.91 Å². The molecule has 1 aromatic heterocycles. The number of carbonyl (C=O) groups is 2. The number of hydrogen-bond acceptors (Lipinski definition) is 5.